The summed E-state index contributed by atoms with van der Waals surface area (Å²) in [6.07, 6.45) is 7.88. The lowest BCUT2D eigenvalue weighted by atomic mass is 9.87. The van der Waals surface area contributed by atoms with E-state index in [1.54, 1.807) is 0 Å². The topological polar surface area (TPSA) is 25.8 Å². The Labute approximate surface area is 131 Å². The van der Waals surface area contributed by atoms with E-state index in [0.29, 0.717) is 5.92 Å². The third-order valence-corrected chi connectivity index (χ3v) is 5.17. The Bertz CT molecular complexity index is 433. The molecule has 21 heavy (non-hydrogen) atoms. The number of aromatic nitrogens is 2. The van der Waals surface area contributed by atoms with E-state index in [9.17, 15) is 0 Å². The van der Waals surface area contributed by atoms with Crippen LogP contribution in [-0.4, -0.2) is 9.97 Å². The van der Waals surface area contributed by atoms with Gasteiger partial charge in [0.25, 0.3) is 0 Å². The first-order valence-corrected chi connectivity index (χ1v) is 8.75. The first-order valence-electron chi connectivity index (χ1n) is 8.75. The first-order chi connectivity index (χ1) is 9.89. The molecule has 2 nitrogen and oxygen atoms in total. The first kappa shape index (κ1) is 18.1. The van der Waals surface area contributed by atoms with Crippen molar-refractivity contribution in [3.8, 4) is 0 Å². The summed E-state index contributed by atoms with van der Waals surface area (Å²) in [4.78, 5) is 9.71. The van der Waals surface area contributed by atoms with Gasteiger partial charge in [-0.3, -0.25) is 0 Å². The maximum atomic E-state index is 5.01. The lowest BCUT2D eigenvalue weighted by molar-refractivity contribution is 0.452. The molecular formula is C19H34N2. The highest BCUT2D eigenvalue weighted by Crippen LogP contribution is 2.29. The monoisotopic (exact) mass is 290 g/mol. The molecule has 0 aliphatic carbocycles. The average Bonchev–Trinajstić information content (AvgIpc) is 2.51. The van der Waals surface area contributed by atoms with Crippen molar-refractivity contribution in [1.82, 2.24) is 9.97 Å². The fraction of sp³-hybridized carbons (Fsp3) is 0.789. The zero-order valence-electron chi connectivity index (χ0n) is 15.2. The molecule has 0 spiro atoms. The normalized spacial score (nSPS) is 13.7. The highest BCUT2D eigenvalue weighted by Gasteiger charge is 2.24. The second kappa shape index (κ2) is 7.91. The second-order valence-corrected chi connectivity index (χ2v) is 7.03. The Morgan fingerprint density at radius 1 is 1.05 bits per heavy atom. The lowest BCUT2D eigenvalue weighted by Crippen LogP contribution is -2.22. The predicted molar refractivity (Wildman–Crippen MR) is 91.8 cm³/mol. The van der Waals surface area contributed by atoms with Gasteiger partial charge in [-0.25, -0.2) is 9.97 Å². The van der Waals surface area contributed by atoms with Gasteiger partial charge in [0.1, 0.15) is 5.82 Å². The lowest BCUT2D eigenvalue weighted by Gasteiger charge is -2.24. The largest absolute Gasteiger partial charge is 0.240 e. The van der Waals surface area contributed by atoms with Gasteiger partial charge in [0.15, 0.2) is 0 Å². The summed E-state index contributed by atoms with van der Waals surface area (Å²) in [5.74, 6) is 2.30. The Morgan fingerprint density at radius 3 is 2.14 bits per heavy atom. The van der Waals surface area contributed by atoms with Gasteiger partial charge < -0.3 is 0 Å². The minimum atomic E-state index is 0.0661. The van der Waals surface area contributed by atoms with Gasteiger partial charge in [-0.05, 0) is 36.7 Å². The molecule has 0 saturated heterocycles. The maximum absolute atomic E-state index is 5.01. The van der Waals surface area contributed by atoms with Crippen molar-refractivity contribution in [2.24, 2.45) is 5.92 Å². The molecule has 0 amide bonds. The van der Waals surface area contributed by atoms with Crippen LogP contribution < -0.4 is 0 Å². The molecule has 0 aliphatic rings. The van der Waals surface area contributed by atoms with Crippen molar-refractivity contribution in [3.63, 3.8) is 0 Å². The molecule has 0 saturated carbocycles. The van der Waals surface area contributed by atoms with E-state index in [-0.39, 0.29) is 5.41 Å². The number of hydrogen-bond acceptors (Lipinski definition) is 2. The fourth-order valence-corrected chi connectivity index (χ4v) is 2.56. The Morgan fingerprint density at radius 2 is 1.67 bits per heavy atom. The van der Waals surface area contributed by atoms with Crippen LogP contribution in [0.3, 0.4) is 0 Å². The van der Waals surface area contributed by atoms with E-state index in [4.69, 9.17) is 9.97 Å². The summed E-state index contributed by atoms with van der Waals surface area (Å²) in [6, 6.07) is 0. The molecular weight excluding hydrogens is 256 g/mol. The Hall–Kier alpha value is -0.920. The van der Waals surface area contributed by atoms with Crippen LogP contribution in [0.5, 0.6) is 0 Å². The predicted octanol–water partition coefficient (Wildman–Crippen LogP) is 5.66. The molecule has 0 radical (unpaired) electrons. The third-order valence-electron chi connectivity index (χ3n) is 5.17. The van der Waals surface area contributed by atoms with E-state index >= 15 is 0 Å². The van der Waals surface area contributed by atoms with Crippen LogP contribution in [0.15, 0.2) is 6.20 Å². The smallest absolute Gasteiger partial charge is 0.134 e. The molecule has 0 N–H and O–H groups in total. The minimum absolute atomic E-state index is 0.0661. The quantitative estimate of drug-likeness (QED) is 0.617. The van der Waals surface area contributed by atoms with E-state index in [2.05, 4.69) is 54.7 Å². The van der Waals surface area contributed by atoms with E-state index < -0.39 is 0 Å². The molecule has 1 heterocycles. The standard InChI is InChI=1S/C19H34N2/c1-8-14(5)16-13-20-18(19(6,7)11-4)21-17(16)12-15(9-2)10-3/h13-15H,8-12H2,1-7H3. The fourth-order valence-electron chi connectivity index (χ4n) is 2.56. The average molecular weight is 290 g/mol. The molecule has 0 aliphatic heterocycles. The summed E-state index contributed by atoms with van der Waals surface area (Å²) >= 11 is 0. The van der Waals surface area contributed by atoms with Crippen molar-refractivity contribution in [2.45, 2.75) is 91.9 Å². The van der Waals surface area contributed by atoms with Gasteiger partial charge in [0.05, 0.1) is 0 Å². The Kier molecular flexibility index (Phi) is 6.83. The van der Waals surface area contributed by atoms with Crippen LogP contribution in [0.2, 0.25) is 0 Å². The van der Waals surface area contributed by atoms with Gasteiger partial charge >= 0.3 is 0 Å². The van der Waals surface area contributed by atoms with Crippen molar-refractivity contribution < 1.29 is 0 Å². The van der Waals surface area contributed by atoms with Crippen molar-refractivity contribution in [1.29, 1.82) is 0 Å². The summed E-state index contributed by atoms with van der Waals surface area (Å²) in [5.41, 5.74) is 2.72. The highest BCUT2D eigenvalue weighted by molar-refractivity contribution is 5.24. The molecule has 0 fully saturated rings. The van der Waals surface area contributed by atoms with Crippen LogP contribution in [0.4, 0.5) is 0 Å². The molecule has 1 unspecified atom stereocenters. The summed E-state index contributed by atoms with van der Waals surface area (Å²) < 4.78 is 0. The molecule has 120 valence electrons. The van der Waals surface area contributed by atoms with Crippen LogP contribution in [0.25, 0.3) is 0 Å². The van der Waals surface area contributed by atoms with Crippen LogP contribution in [-0.2, 0) is 11.8 Å². The minimum Gasteiger partial charge on any atom is -0.240 e. The van der Waals surface area contributed by atoms with Crippen molar-refractivity contribution in [2.75, 3.05) is 0 Å². The molecule has 0 aromatic carbocycles. The maximum Gasteiger partial charge on any atom is 0.134 e. The number of hydrogen-bond donors (Lipinski definition) is 0. The molecule has 1 aromatic heterocycles. The van der Waals surface area contributed by atoms with E-state index in [1.165, 1.54) is 24.1 Å². The number of nitrogens with zero attached hydrogens (tertiary/aromatic N) is 2. The summed E-state index contributed by atoms with van der Waals surface area (Å²) in [7, 11) is 0. The van der Waals surface area contributed by atoms with Crippen LogP contribution in [0, 0.1) is 5.92 Å². The molecule has 1 atom stereocenters. The highest BCUT2D eigenvalue weighted by atomic mass is 14.9. The molecule has 1 aromatic rings. The van der Waals surface area contributed by atoms with Gasteiger partial charge in [-0.15, -0.1) is 0 Å². The summed E-state index contributed by atoms with van der Waals surface area (Å²) in [5, 5.41) is 0. The zero-order chi connectivity index (χ0) is 16.0. The molecule has 1 rings (SSSR count). The van der Waals surface area contributed by atoms with E-state index in [0.717, 1.165) is 31.0 Å². The molecule has 0 bridgehead atoms. The van der Waals surface area contributed by atoms with Crippen LogP contribution in [0.1, 0.15) is 97.1 Å². The SMILES string of the molecule is CCC(CC)Cc1nc(C(C)(C)CC)ncc1C(C)CC. The van der Waals surface area contributed by atoms with Crippen LogP contribution >= 0.6 is 0 Å². The molecule has 2 heteroatoms. The second-order valence-electron chi connectivity index (χ2n) is 7.03. The van der Waals surface area contributed by atoms with Gasteiger partial charge in [0, 0.05) is 17.3 Å². The zero-order valence-corrected chi connectivity index (χ0v) is 15.2. The van der Waals surface area contributed by atoms with Gasteiger partial charge in [-0.2, -0.15) is 0 Å². The Balaban J connectivity index is 3.22. The van der Waals surface area contributed by atoms with Gasteiger partial charge in [-0.1, -0.05) is 61.3 Å². The number of rotatable bonds is 8. The van der Waals surface area contributed by atoms with Crippen molar-refractivity contribution >= 4 is 0 Å². The van der Waals surface area contributed by atoms with Crippen molar-refractivity contribution in [3.05, 3.63) is 23.3 Å². The van der Waals surface area contributed by atoms with E-state index in [1.807, 2.05) is 0 Å². The summed E-state index contributed by atoms with van der Waals surface area (Å²) in [6.45, 7) is 15.8. The van der Waals surface area contributed by atoms with Gasteiger partial charge in [0.2, 0.25) is 0 Å². The third kappa shape index (κ3) is 4.52.